The number of aromatic nitrogens is 2. The van der Waals surface area contributed by atoms with Gasteiger partial charge in [0.05, 0.1) is 0 Å². The van der Waals surface area contributed by atoms with Gasteiger partial charge in [-0.05, 0) is 38.4 Å². The summed E-state index contributed by atoms with van der Waals surface area (Å²) < 4.78 is 0. The third kappa shape index (κ3) is 5.09. The van der Waals surface area contributed by atoms with Gasteiger partial charge in [-0.3, -0.25) is 4.79 Å². The van der Waals surface area contributed by atoms with Crippen molar-refractivity contribution in [3.63, 3.8) is 0 Å². The molecule has 18 heavy (non-hydrogen) atoms. The van der Waals surface area contributed by atoms with Gasteiger partial charge in [-0.25, -0.2) is 0 Å². The molecule has 0 unspecified atom stereocenters. The summed E-state index contributed by atoms with van der Waals surface area (Å²) in [6.07, 6.45) is 3.20. The average molecular weight is 251 g/mol. The van der Waals surface area contributed by atoms with E-state index in [4.69, 9.17) is 5.73 Å². The molecule has 0 atom stereocenters. The number of carbonyl (C=O) groups is 1. The Hall–Kier alpha value is -1.69. The molecule has 6 nitrogen and oxygen atoms in total. The van der Waals surface area contributed by atoms with Crippen molar-refractivity contribution < 1.29 is 4.79 Å². The van der Waals surface area contributed by atoms with E-state index in [1.165, 1.54) is 0 Å². The van der Waals surface area contributed by atoms with Crippen molar-refractivity contribution in [3.8, 4) is 0 Å². The van der Waals surface area contributed by atoms with Gasteiger partial charge in [0, 0.05) is 13.1 Å². The molecule has 0 fully saturated rings. The average Bonchev–Trinajstić information content (AvgIpc) is 2.39. The minimum atomic E-state index is -0.195. The second kappa shape index (κ2) is 8.41. The van der Waals surface area contributed by atoms with Crippen LogP contribution in [0.1, 0.15) is 36.7 Å². The first-order valence-corrected chi connectivity index (χ1v) is 6.33. The Kier molecular flexibility index (Phi) is 6.71. The monoisotopic (exact) mass is 251 g/mol. The lowest BCUT2D eigenvalue weighted by molar-refractivity contribution is 0.0950. The standard InChI is InChI=1S/C12H21N5O/c1-2-14-12(18)10-6-7-11(17-16-10)15-9-5-3-4-8-13/h6-7H,2-5,8-9,13H2,1H3,(H,14,18)(H,15,17). The Morgan fingerprint density at radius 3 is 2.72 bits per heavy atom. The van der Waals surface area contributed by atoms with Crippen molar-refractivity contribution in [2.45, 2.75) is 26.2 Å². The van der Waals surface area contributed by atoms with Gasteiger partial charge in [-0.2, -0.15) is 0 Å². The predicted molar refractivity (Wildman–Crippen MR) is 71.4 cm³/mol. The van der Waals surface area contributed by atoms with Gasteiger partial charge in [0.25, 0.3) is 5.91 Å². The highest BCUT2D eigenvalue weighted by atomic mass is 16.1. The van der Waals surface area contributed by atoms with Crippen LogP contribution in [0.2, 0.25) is 0 Å². The Balaban J connectivity index is 2.33. The van der Waals surface area contributed by atoms with Crippen LogP contribution in [0.15, 0.2) is 12.1 Å². The van der Waals surface area contributed by atoms with Crippen LogP contribution < -0.4 is 16.4 Å². The van der Waals surface area contributed by atoms with E-state index in [1.54, 1.807) is 12.1 Å². The molecule has 0 spiro atoms. The van der Waals surface area contributed by atoms with Gasteiger partial charge in [0.1, 0.15) is 5.82 Å². The largest absolute Gasteiger partial charge is 0.369 e. The summed E-state index contributed by atoms with van der Waals surface area (Å²) in [5.74, 6) is 0.496. The fourth-order valence-electron chi connectivity index (χ4n) is 1.46. The van der Waals surface area contributed by atoms with E-state index in [0.29, 0.717) is 18.1 Å². The first-order chi connectivity index (χ1) is 8.77. The number of carbonyl (C=O) groups excluding carboxylic acids is 1. The summed E-state index contributed by atoms with van der Waals surface area (Å²) in [5, 5.41) is 13.7. The van der Waals surface area contributed by atoms with Crippen LogP contribution in [-0.4, -0.2) is 35.7 Å². The van der Waals surface area contributed by atoms with Gasteiger partial charge in [0.15, 0.2) is 5.69 Å². The van der Waals surface area contributed by atoms with Crippen molar-refractivity contribution in [2.24, 2.45) is 5.73 Å². The molecule has 0 aliphatic heterocycles. The number of anilines is 1. The summed E-state index contributed by atoms with van der Waals surface area (Å²) in [6.45, 7) is 4.03. The summed E-state index contributed by atoms with van der Waals surface area (Å²) in [7, 11) is 0. The molecular formula is C12H21N5O. The molecule has 1 aromatic heterocycles. The van der Waals surface area contributed by atoms with Crippen LogP contribution >= 0.6 is 0 Å². The van der Waals surface area contributed by atoms with Crippen molar-refractivity contribution >= 4 is 11.7 Å². The highest BCUT2D eigenvalue weighted by Crippen LogP contribution is 2.03. The van der Waals surface area contributed by atoms with Crippen molar-refractivity contribution in [1.29, 1.82) is 0 Å². The normalized spacial score (nSPS) is 10.1. The predicted octanol–water partition coefficient (Wildman–Crippen LogP) is 0.767. The van der Waals surface area contributed by atoms with Crippen LogP contribution in [-0.2, 0) is 0 Å². The van der Waals surface area contributed by atoms with Crippen LogP contribution in [0, 0.1) is 0 Å². The van der Waals surface area contributed by atoms with Crippen LogP contribution in [0.4, 0.5) is 5.82 Å². The summed E-state index contributed by atoms with van der Waals surface area (Å²) in [6, 6.07) is 3.43. The van der Waals surface area contributed by atoms with Crippen LogP contribution in [0.3, 0.4) is 0 Å². The van der Waals surface area contributed by atoms with Crippen molar-refractivity contribution in [1.82, 2.24) is 15.5 Å². The molecule has 1 heterocycles. The second-order valence-electron chi connectivity index (χ2n) is 3.94. The van der Waals surface area contributed by atoms with Gasteiger partial charge < -0.3 is 16.4 Å². The lowest BCUT2D eigenvalue weighted by Gasteiger charge is -2.05. The zero-order valence-corrected chi connectivity index (χ0v) is 10.8. The van der Waals surface area contributed by atoms with E-state index in [1.807, 2.05) is 6.92 Å². The molecule has 0 radical (unpaired) electrons. The highest BCUT2D eigenvalue weighted by Gasteiger charge is 2.05. The summed E-state index contributed by atoms with van der Waals surface area (Å²) in [5.41, 5.74) is 5.75. The Morgan fingerprint density at radius 1 is 1.28 bits per heavy atom. The van der Waals surface area contributed by atoms with Crippen molar-refractivity contribution in [2.75, 3.05) is 25.0 Å². The molecule has 4 N–H and O–H groups in total. The Labute approximate surface area is 107 Å². The number of hydrogen-bond acceptors (Lipinski definition) is 5. The van der Waals surface area contributed by atoms with E-state index in [-0.39, 0.29) is 5.91 Å². The van der Waals surface area contributed by atoms with Gasteiger partial charge >= 0.3 is 0 Å². The fourth-order valence-corrected chi connectivity index (χ4v) is 1.46. The molecule has 0 bridgehead atoms. The Morgan fingerprint density at radius 2 is 2.11 bits per heavy atom. The molecular weight excluding hydrogens is 230 g/mol. The number of amides is 1. The molecule has 6 heteroatoms. The number of nitrogens with zero attached hydrogens (tertiary/aromatic N) is 2. The number of rotatable bonds is 8. The lowest BCUT2D eigenvalue weighted by atomic mass is 10.2. The number of hydrogen-bond donors (Lipinski definition) is 3. The smallest absolute Gasteiger partial charge is 0.271 e. The first-order valence-electron chi connectivity index (χ1n) is 6.33. The molecule has 0 aliphatic carbocycles. The maximum Gasteiger partial charge on any atom is 0.271 e. The third-order valence-corrected chi connectivity index (χ3v) is 2.42. The number of unbranched alkanes of at least 4 members (excludes halogenated alkanes) is 2. The highest BCUT2D eigenvalue weighted by molar-refractivity contribution is 5.92. The number of nitrogens with one attached hydrogen (secondary N) is 2. The molecule has 0 saturated heterocycles. The van der Waals surface area contributed by atoms with Gasteiger partial charge in [0.2, 0.25) is 0 Å². The zero-order valence-electron chi connectivity index (χ0n) is 10.8. The molecule has 0 aromatic carbocycles. The van der Waals surface area contributed by atoms with Crippen LogP contribution in [0.5, 0.6) is 0 Å². The molecule has 1 aromatic rings. The minimum Gasteiger partial charge on any atom is -0.369 e. The van der Waals surface area contributed by atoms with E-state index in [9.17, 15) is 4.79 Å². The fraction of sp³-hybridized carbons (Fsp3) is 0.583. The quantitative estimate of drug-likeness (QED) is 0.593. The zero-order chi connectivity index (χ0) is 13.2. The lowest BCUT2D eigenvalue weighted by Crippen LogP contribution is -2.24. The van der Waals surface area contributed by atoms with Gasteiger partial charge in [-0.15, -0.1) is 10.2 Å². The number of nitrogens with two attached hydrogens (primary N) is 1. The maximum atomic E-state index is 11.4. The molecule has 100 valence electrons. The molecule has 1 rings (SSSR count). The van der Waals surface area contributed by atoms with Crippen molar-refractivity contribution in [3.05, 3.63) is 17.8 Å². The van der Waals surface area contributed by atoms with E-state index in [0.717, 1.165) is 32.4 Å². The van der Waals surface area contributed by atoms with E-state index >= 15 is 0 Å². The Bertz CT molecular complexity index is 352. The summed E-state index contributed by atoms with van der Waals surface area (Å²) >= 11 is 0. The first kappa shape index (κ1) is 14.4. The van der Waals surface area contributed by atoms with E-state index in [2.05, 4.69) is 20.8 Å². The second-order valence-corrected chi connectivity index (χ2v) is 3.94. The van der Waals surface area contributed by atoms with Crippen LogP contribution in [0.25, 0.3) is 0 Å². The third-order valence-electron chi connectivity index (χ3n) is 2.42. The SMILES string of the molecule is CCNC(=O)c1ccc(NCCCCCN)nn1. The topological polar surface area (TPSA) is 92.9 Å². The minimum absolute atomic E-state index is 0.195. The maximum absolute atomic E-state index is 11.4. The van der Waals surface area contributed by atoms with Gasteiger partial charge in [-0.1, -0.05) is 6.42 Å². The molecule has 0 saturated carbocycles. The summed E-state index contributed by atoms with van der Waals surface area (Å²) in [4.78, 5) is 11.4. The molecule has 0 aliphatic rings. The van der Waals surface area contributed by atoms with E-state index < -0.39 is 0 Å². The molecule has 1 amide bonds.